The van der Waals surface area contributed by atoms with Crippen LogP contribution in [0, 0.1) is 0 Å². The fourth-order valence-electron chi connectivity index (χ4n) is 0.958. The minimum absolute atomic E-state index is 0.826. The number of hydroxylamine groups is 1. The second-order valence-electron chi connectivity index (χ2n) is 3.60. The topological polar surface area (TPSA) is 32.3 Å². The van der Waals surface area contributed by atoms with Gasteiger partial charge in [0.15, 0.2) is 0 Å². The van der Waals surface area contributed by atoms with E-state index in [1.165, 1.54) is 18.9 Å². The molecule has 0 radical (unpaired) electrons. The van der Waals surface area contributed by atoms with Crippen molar-refractivity contribution in [1.82, 2.24) is 5.48 Å². The maximum Gasteiger partial charge on any atom is 0.0657 e. The maximum absolute atomic E-state index is 8.49. The van der Waals surface area contributed by atoms with E-state index in [1.807, 2.05) is 0 Å². The summed E-state index contributed by atoms with van der Waals surface area (Å²) in [4.78, 5) is 0. The van der Waals surface area contributed by atoms with Gasteiger partial charge in [-0.1, -0.05) is 38.9 Å². The van der Waals surface area contributed by atoms with Crippen LogP contribution in [0.4, 0.5) is 0 Å². The molecule has 0 atom stereocenters. The van der Waals surface area contributed by atoms with Gasteiger partial charge in [0, 0.05) is 6.17 Å². The number of hydrogen-bond donors (Lipinski definition) is 2. The molecule has 0 aliphatic heterocycles. The second-order valence-corrected chi connectivity index (χ2v) is 8.78. The van der Waals surface area contributed by atoms with E-state index in [-0.39, 0.29) is 0 Å². The average Bonchev–Trinajstić information content (AvgIpc) is 1.84. The third-order valence-electron chi connectivity index (χ3n) is 1.76. The monoisotopic (exact) mass is 161 g/mol. The van der Waals surface area contributed by atoms with Crippen molar-refractivity contribution in [2.45, 2.75) is 38.9 Å². The van der Waals surface area contributed by atoms with E-state index < -0.39 is 8.07 Å². The fourth-order valence-corrected chi connectivity index (χ4v) is 2.87. The Morgan fingerprint density at radius 3 is 2.40 bits per heavy atom. The summed E-state index contributed by atoms with van der Waals surface area (Å²) in [6, 6.07) is 1.32. The molecule has 0 unspecified atom stereocenters. The largest absolute Gasteiger partial charge is 0.317 e. The molecule has 3 heteroatoms. The molecule has 2 N–H and O–H groups in total. The van der Waals surface area contributed by atoms with E-state index in [0.29, 0.717) is 0 Å². The van der Waals surface area contributed by atoms with Gasteiger partial charge in [-0.2, -0.15) is 0 Å². The molecule has 0 bridgehead atoms. The first kappa shape index (κ1) is 10.1. The Morgan fingerprint density at radius 1 is 1.40 bits per heavy atom. The zero-order valence-electron chi connectivity index (χ0n) is 7.28. The lowest BCUT2D eigenvalue weighted by Gasteiger charge is -2.20. The third kappa shape index (κ3) is 4.96. The molecule has 2 nitrogen and oxygen atoms in total. The lowest BCUT2D eigenvalue weighted by atomic mass is 10.4. The first-order valence-corrected chi connectivity index (χ1v) is 7.41. The summed E-state index contributed by atoms with van der Waals surface area (Å²) < 4.78 is 0. The Bertz CT molecular complexity index is 85.7. The van der Waals surface area contributed by atoms with Gasteiger partial charge in [0.1, 0.15) is 0 Å². The minimum atomic E-state index is -1.09. The molecule has 0 aromatic heterocycles. The predicted octanol–water partition coefficient (Wildman–Crippen LogP) is 2.01. The summed E-state index contributed by atoms with van der Waals surface area (Å²) in [5.74, 6) is 0. The highest BCUT2D eigenvalue weighted by Gasteiger charge is 2.18. The van der Waals surface area contributed by atoms with E-state index >= 15 is 0 Å². The van der Waals surface area contributed by atoms with Crippen molar-refractivity contribution in [2.24, 2.45) is 0 Å². The molecule has 0 aromatic carbocycles. The highest BCUT2D eigenvalue weighted by molar-refractivity contribution is 6.77. The van der Waals surface area contributed by atoms with Crippen LogP contribution in [-0.2, 0) is 0 Å². The zero-order valence-corrected chi connectivity index (χ0v) is 8.28. The van der Waals surface area contributed by atoms with Crippen LogP contribution in [0.5, 0.6) is 0 Å². The van der Waals surface area contributed by atoms with Crippen molar-refractivity contribution in [3.63, 3.8) is 0 Å². The fraction of sp³-hybridized carbons (Fsp3) is 1.00. The van der Waals surface area contributed by atoms with Gasteiger partial charge >= 0.3 is 0 Å². The van der Waals surface area contributed by atoms with Crippen LogP contribution in [-0.4, -0.2) is 19.4 Å². The molecule has 0 rings (SSSR count). The summed E-state index contributed by atoms with van der Waals surface area (Å²) in [5.41, 5.74) is 2.28. The van der Waals surface area contributed by atoms with Crippen molar-refractivity contribution in [1.29, 1.82) is 0 Å². The molecule has 0 saturated carbocycles. The molecule has 62 valence electrons. The van der Waals surface area contributed by atoms with Gasteiger partial charge in [0.25, 0.3) is 0 Å². The Labute approximate surface area is 64.6 Å². The van der Waals surface area contributed by atoms with Crippen LogP contribution in [0.25, 0.3) is 0 Å². The number of rotatable bonds is 5. The van der Waals surface area contributed by atoms with Crippen LogP contribution in [0.15, 0.2) is 0 Å². The number of hydrogen-bond acceptors (Lipinski definition) is 2. The lowest BCUT2D eigenvalue weighted by Crippen LogP contribution is -2.38. The van der Waals surface area contributed by atoms with Gasteiger partial charge in [0.2, 0.25) is 0 Å². The van der Waals surface area contributed by atoms with E-state index in [1.54, 1.807) is 0 Å². The highest BCUT2D eigenvalue weighted by atomic mass is 28.3. The maximum atomic E-state index is 8.49. The zero-order chi connectivity index (χ0) is 8.04. The van der Waals surface area contributed by atoms with Crippen LogP contribution in [0.3, 0.4) is 0 Å². The number of nitrogens with one attached hydrogen (secondary N) is 1. The molecule has 0 aliphatic rings. The summed E-state index contributed by atoms with van der Waals surface area (Å²) in [6.07, 6.45) is 3.40. The molecule has 0 heterocycles. The third-order valence-corrected chi connectivity index (χ3v) is 4.59. The second kappa shape index (κ2) is 4.88. The van der Waals surface area contributed by atoms with E-state index in [2.05, 4.69) is 25.5 Å². The van der Waals surface area contributed by atoms with Crippen molar-refractivity contribution in [3.8, 4) is 0 Å². The van der Waals surface area contributed by atoms with Gasteiger partial charge in [-0.3, -0.25) is 0 Å². The molecule has 0 spiro atoms. The van der Waals surface area contributed by atoms with Gasteiger partial charge in [-0.05, 0) is 0 Å². The minimum Gasteiger partial charge on any atom is -0.317 e. The molecule has 0 amide bonds. The van der Waals surface area contributed by atoms with Gasteiger partial charge in [0.05, 0.1) is 8.07 Å². The summed E-state index contributed by atoms with van der Waals surface area (Å²) in [7, 11) is -1.09. The van der Waals surface area contributed by atoms with Crippen molar-refractivity contribution >= 4 is 8.07 Å². The predicted molar refractivity (Wildman–Crippen MR) is 47.0 cm³/mol. The molecule has 10 heavy (non-hydrogen) atoms. The Balaban J connectivity index is 3.42. The van der Waals surface area contributed by atoms with Crippen LogP contribution >= 0.6 is 0 Å². The first-order valence-electron chi connectivity index (χ1n) is 3.99. The van der Waals surface area contributed by atoms with Crippen molar-refractivity contribution in [3.05, 3.63) is 0 Å². The molecule has 0 saturated heterocycles. The van der Waals surface area contributed by atoms with Gasteiger partial charge in [-0.25, -0.2) is 5.48 Å². The van der Waals surface area contributed by atoms with E-state index in [0.717, 1.165) is 6.17 Å². The summed E-state index contributed by atoms with van der Waals surface area (Å²) in [6.45, 7) is 6.80. The SMILES string of the molecule is CCCC[Si](C)(C)CNO. The van der Waals surface area contributed by atoms with Crippen LogP contribution in [0.1, 0.15) is 19.8 Å². The number of unbranched alkanes of at least 4 members (excludes halogenated alkanes) is 1. The van der Waals surface area contributed by atoms with E-state index in [9.17, 15) is 0 Å². The molecular weight excluding hydrogens is 142 g/mol. The Hall–Kier alpha value is 0.137. The van der Waals surface area contributed by atoms with Crippen LogP contribution in [0.2, 0.25) is 19.1 Å². The molecule has 0 fully saturated rings. The highest BCUT2D eigenvalue weighted by Crippen LogP contribution is 2.11. The smallest absolute Gasteiger partial charge is 0.0657 e. The van der Waals surface area contributed by atoms with Crippen LogP contribution < -0.4 is 5.48 Å². The standard InChI is InChI=1S/C7H19NOSi/c1-4-5-6-10(2,3)7-8-9/h8-9H,4-7H2,1-3H3. The van der Waals surface area contributed by atoms with Gasteiger partial charge < -0.3 is 5.21 Å². The van der Waals surface area contributed by atoms with E-state index in [4.69, 9.17) is 5.21 Å². The lowest BCUT2D eigenvalue weighted by molar-refractivity contribution is 0.184. The summed E-state index contributed by atoms with van der Waals surface area (Å²) in [5, 5.41) is 8.49. The Kier molecular flexibility index (Phi) is 4.94. The Morgan fingerprint density at radius 2 is 2.00 bits per heavy atom. The van der Waals surface area contributed by atoms with Gasteiger partial charge in [-0.15, -0.1) is 0 Å². The average molecular weight is 161 g/mol. The molecule has 0 aliphatic carbocycles. The first-order chi connectivity index (χ1) is 4.62. The summed E-state index contributed by atoms with van der Waals surface area (Å²) >= 11 is 0. The quantitative estimate of drug-likeness (QED) is 0.477. The molecular formula is C7H19NOSi. The molecule has 0 aromatic rings. The van der Waals surface area contributed by atoms with Crippen molar-refractivity contribution in [2.75, 3.05) is 6.17 Å². The van der Waals surface area contributed by atoms with Crippen molar-refractivity contribution < 1.29 is 5.21 Å². The normalized spacial score (nSPS) is 12.0.